The summed E-state index contributed by atoms with van der Waals surface area (Å²) in [6, 6.07) is 6.08. The molecule has 0 atom stereocenters. The van der Waals surface area contributed by atoms with Crippen molar-refractivity contribution in [1.29, 1.82) is 0 Å². The van der Waals surface area contributed by atoms with Crippen molar-refractivity contribution in [2.24, 2.45) is 0 Å². The van der Waals surface area contributed by atoms with E-state index in [0.29, 0.717) is 6.42 Å². The van der Waals surface area contributed by atoms with Crippen LogP contribution in [-0.2, 0) is 5.41 Å². The van der Waals surface area contributed by atoms with Gasteiger partial charge >= 0.3 is 0 Å². The van der Waals surface area contributed by atoms with Gasteiger partial charge in [0, 0.05) is 12.0 Å². The van der Waals surface area contributed by atoms with Gasteiger partial charge in [0.05, 0.1) is 6.61 Å². The Hall–Kier alpha value is -1.41. The summed E-state index contributed by atoms with van der Waals surface area (Å²) in [5.41, 5.74) is 4.12. The van der Waals surface area contributed by atoms with Crippen LogP contribution in [0.25, 0.3) is 5.57 Å². The normalized spacial score (nSPS) is 18.7. The maximum atomic E-state index is 12.0. The molecule has 0 amide bonds. The second kappa shape index (κ2) is 4.69. The predicted octanol–water partition coefficient (Wildman–Crippen LogP) is 3.34. The van der Waals surface area contributed by atoms with Crippen LogP contribution in [0.1, 0.15) is 55.1 Å². The minimum Gasteiger partial charge on any atom is -0.392 e. The number of hydrogen-bond donors (Lipinski definition) is 1. The quantitative estimate of drug-likeness (QED) is 0.866. The first-order valence-electron chi connectivity index (χ1n) is 6.41. The third-order valence-electron chi connectivity index (χ3n) is 3.88. The standard InChI is InChI=1S/C16H20O2/c1-11(7-9-17)12-4-5-14-13(10-12)15(18)6-8-16(14,2)3/h4-5,7,10,17H,6,8-9H2,1-3H3. The fraction of sp³-hybridized carbons (Fsp3) is 0.438. The van der Waals surface area contributed by atoms with Gasteiger partial charge in [-0.05, 0) is 41.5 Å². The number of benzene rings is 1. The molecule has 1 aromatic carbocycles. The highest BCUT2D eigenvalue weighted by Gasteiger charge is 2.31. The van der Waals surface area contributed by atoms with E-state index >= 15 is 0 Å². The van der Waals surface area contributed by atoms with Crippen molar-refractivity contribution in [2.45, 2.75) is 39.0 Å². The molecule has 18 heavy (non-hydrogen) atoms. The number of allylic oxidation sites excluding steroid dienone is 1. The summed E-state index contributed by atoms with van der Waals surface area (Å²) in [5, 5.41) is 8.93. The zero-order valence-corrected chi connectivity index (χ0v) is 11.3. The molecular weight excluding hydrogens is 224 g/mol. The molecule has 0 aromatic heterocycles. The van der Waals surface area contributed by atoms with Crippen molar-refractivity contribution in [3.8, 4) is 0 Å². The Kier molecular flexibility index (Phi) is 3.40. The Morgan fingerprint density at radius 1 is 1.44 bits per heavy atom. The molecule has 0 saturated heterocycles. The first-order chi connectivity index (χ1) is 8.45. The molecule has 0 spiro atoms. The lowest BCUT2D eigenvalue weighted by Gasteiger charge is -2.32. The van der Waals surface area contributed by atoms with E-state index in [2.05, 4.69) is 19.9 Å². The highest BCUT2D eigenvalue weighted by atomic mass is 16.2. The molecule has 0 saturated carbocycles. The first-order valence-corrected chi connectivity index (χ1v) is 6.41. The monoisotopic (exact) mass is 244 g/mol. The third kappa shape index (κ3) is 2.25. The number of hydrogen-bond acceptors (Lipinski definition) is 2. The van der Waals surface area contributed by atoms with Gasteiger partial charge in [-0.3, -0.25) is 4.79 Å². The van der Waals surface area contributed by atoms with Gasteiger partial charge in [-0.1, -0.05) is 32.1 Å². The van der Waals surface area contributed by atoms with Crippen LogP contribution in [-0.4, -0.2) is 17.5 Å². The Labute approximate surface area is 108 Å². The van der Waals surface area contributed by atoms with Crippen LogP contribution in [0.2, 0.25) is 0 Å². The van der Waals surface area contributed by atoms with Crippen molar-refractivity contribution in [1.82, 2.24) is 0 Å². The maximum absolute atomic E-state index is 12.0. The SMILES string of the molecule is CC(=CCO)c1ccc2c(c1)C(=O)CCC2(C)C. The number of Topliss-reactive ketones (excluding diaryl/α,β-unsaturated/α-hetero) is 1. The molecule has 2 nitrogen and oxygen atoms in total. The van der Waals surface area contributed by atoms with Crippen LogP contribution in [0.5, 0.6) is 0 Å². The molecule has 1 aliphatic carbocycles. The van der Waals surface area contributed by atoms with Gasteiger partial charge in [0.2, 0.25) is 0 Å². The molecule has 0 radical (unpaired) electrons. The Balaban J connectivity index is 2.52. The molecule has 0 heterocycles. The van der Waals surface area contributed by atoms with Gasteiger partial charge in [0.1, 0.15) is 0 Å². The number of fused-ring (bicyclic) bond motifs is 1. The molecule has 2 heteroatoms. The molecule has 1 aliphatic rings. The summed E-state index contributed by atoms with van der Waals surface area (Å²) in [7, 11) is 0. The van der Waals surface area contributed by atoms with Crippen LogP contribution in [0, 0.1) is 0 Å². The second-order valence-corrected chi connectivity index (χ2v) is 5.64. The number of rotatable bonds is 2. The van der Waals surface area contributed by atoms with E-state index in [1.807, 2.05) is 19.1 Å². The van der Waals surface area contributed by atoms with Gasteiger partial charge in [-0.15, -0.1) is 0 Å². The molecule has 0 bridgehead atoms. The highest BCUT2D eigenvalue weighted by Crippen LogP contribution is 2.37. The minimum atomic E-state index is 0.0301. The maximum Gasteiger partial charge on any atom is 0.163 e. The number of aliphatic hydroxyl groups is 1. The highest BCUT2D eigenvalue weighted by molar-refractivity contribution is 5.99. The molecule has 96 valence electrons. The van der Waals surface area contributed by atoms with Crippen molar-refractivity contribution in [3.05, 3.63) is 41.0 Å². The Bertz CT molecular complexity index is 510. The zero-order chi connectivity index (χ0) is 13.3. The summed E-state index contributed by atoms with van der Waals surface area (Å²) in [4.78, 5) is 12.0. The molecular formula is C16H20O2. The summed E-state index contributed by atoms with van der Waals surface area (Å²) in [6.45, 7) is 6.36. The van der Waals surface area contributed by atoms with Gasteiger partial charge in [0.15, 0.2) is 5.78 Å². The fourth-order valence-electron chi connectivity index (χ4n) is 2.56. The summed E-state index contributed by atoms with van der Waals surface area (Å²) in [5.74, 6) is 0.239. The van der Waals surface area contributed by atoms with Crippen LogP contribution >= 0.6 is 0 Å². The van der Waals surface area contributed by atoms with Crippen molar-refractivity contribution >= 4 is 11.4 Å². The van der Waals surface area contributed by atoms with Gasteiger partial charge in [-0.2, -0.15) is 0 Å². The van der Waals surface area contributed by atoms with E-state index in [0.717, 1.165) is 28.7 Å². The van der Waals surface area contributed by atoms with E-state index in [-0.39, 0.29) is 17.8 Å². The lowest BCUT2D eigenvalue weighted by Crippen LogP contribution is -2.27. The number of aliphatic hydroxyl groups excluding tert-OH is 1. The van der Waals surface area contributed by atoms with E-state index < -0.39 is 0 Å². The van der Waals surface area contributed by atoms with E-state index in [9.17, 15) is 4.79 Å². The number of carbonyl (C=O) groups is 1. The lowest BCUT2D eigenvalue weighted by molar-refractivity contribution is 0.0956. The van der Waals surface area contributed by atoms with E-state index in [1.54, 1.807) is 6.08 Å². The van der Waals surface area contributed by atoms with Crippen molar-refractivity contribution < 1.29 is 9.90 Å². The minimum absolute atomic E-state index is 0.0301. The summed E-state index contributed by atoms with van der Waals surface area (Å²) >= 11 is 0. The molecule has 2 rings (SSSR count). The molecule has 0 fully saturated rings. The second-order valence-electron chi connectivity index (χ2n) is 5.64. The number of ketones is 1. The van der Waals surface area contributed by atoms with Gasteiger partial charge < -0.3 is 5.11 Å². The molecule has 0 aliphatic heterocycles. The van der Waals surface area contributed by atoms with Crippen molar-refractivity contribution in [2.75, 3.05) is 6.61 Å². The van der Waals surface area contributed by atoms with Crippen LogP contribution in [0.15, 0.2) is 24.3 Å². The number of carbonyl (C=O) groups excluding carboxylic acids is 1. The molecule has 0 unspecified atom stereocenters. The topological polar surface area (TPSA) is 37.3 Å². The smallest absolute Gasteiger partial charge is 0.163 e. The largest absolute Gasteiger partial charge is 0.392 e. The van der Waals surface area contributed by atoms with Gasteiger partial charge in [0.25, 0.3) is 0 Å². The molecule has 1 N–H and O–H groups in total. The Morgan fingerprint density at radius 3 is 2.83 bits per heavy atom. The predicted molar refractivity (Wildman–Crippen MR) is 73.8 cm³/mol. The van der Waals surface area contributed by atoms with Crippen LogP contribution < -0.4 is 0 Å². The zero-order valence-electron chi connectivity index (χ0n) is 11.3. The van der Waals surface area contributed by atoms with Crippen LogP contribution in [0.4, 0.5) is 0 Å². The van der Waals surface area contributed by atoms with E-state index in [4.69, 9.17) is 5.11 Å². The average molecular weight is 244 g/mol. The average Bonchev–Trinajstić information content (AvgIpc) is 2.34. The molecule has 1 aromatic rings. The van der Waals surface area contributed by atoms with Gasteiger partial charge in [-0.25, -0.2) is 0 Å². The Morgan fingerprint density at radius 2 is 2.17 bits per heavy atom. The third-order valence-corrected chi connectivity index (χ3v) is 3.88. The summed E-state index contributed by atoms with van der Waals surface area (Å²) in [6.07, 6.45) is 3.32. The van der Waals surface area contributed by atoms with E-state index in [1.165, 1.54) is 0 Å². The fourth-order valence-corrected chi connectivity index (χ4v) is 2.56. The lowest BCUT2D eigenvalue weighted by atomic mass is 9.72. The summed E-state index contributed by atoms with van der Waals surface area (Å²) < 4.78 is 0. The first kappa shape index (κ1) is 13.0. The van der Waals surface area contributed by atoms with Crippen molar-refractivity contribution in [3.63, 3.8) is 0 Å². The van der Waals surface area contributed by atoms with Crippen LogP contribution in [0.3, 0.4) is 0 Å².